The summed E-state index contributed by atoms with van der Waals surface area (Å²) in [5.74, 6) is -0.954. The molecule has 0 bridgehead atoms. The average molecular weight is 696 g/mol. The number of aromatic nitrogens is 2. The third kappa shape index (κ3) is 9.54. The Bertz CT molecular complexity index is 1630. The van der Waals surface area contributed by atoms with Gasteiger partial charge in [0.25, 0.3) is 5.91 Å². The number of benzene rings is 1. The summed E-state index contributed by atoms with van der Waals surface area (Å²) in [7, 11) is -1.34. The third-order valence-corrected chi connectivity index (χ3v) is 10.3. The van der Waals surface area contributed by atoms with Crippen LogP contribution in [0.2, 0.25) is 30.7 Å². The predicted octanol–water partition coefficient (Wildman–Crippen LogP) is 6.28. The van der Waals surface area contributed by atoms with Crippen LogP contribution < -0.4 is 5.32 Å². The molecule has 48 heavy (non-hydrogen) atoms. The van der Waals surface area contributed by atoms with Crippen molar-refractivity contribution in [2.24, 2.45) is 0 Å². The number of nitrogens with one attached hydrogen (secondary N) is 1. The topological polar surface area (TPSA) is 134 Å². The number of amides is 3. The summed E-state index contributed by atoms with van der Waals surface area (Å²) in [5.41, 5.74) is 1.76. The van der Waals surface area contributed by atoms with Crippen molar-refractivity contribution in [2.45, 2.75) is 90.7 Å². The molecule has 13 heteroatoms. The van der Waals surface area contributed by atoms with E-state index < -0.39 is 25.7 Å². The number of halogens is 1. The summed E-state index contributed by atoms with van der Waals surface area (Å²) >= 11 is 6.29. The Morgan fingerprint density at radius 2 is 1.85 bits per heavy atom. The number of hydrogen-bond donors (Lipinski definition) is 2. The summed E-state index contributed by atoms with van der Waals surface area (Å²) in [6.45, 7) is 13.5. The van der Waals surface area contributed by atoms with Gasteiger partial charge in [-0.15, -0.1) is 0 Å². The smallest absolute Gasteiger partial charge is 0.408 e. The molecule has 1 aliphatic heterocycles. The van der Waals surface area contributed by atoms with Crippen molar-refractivity contribution in [1.29, 1.82) is 0 Å². The second kappa shape index (κ2) is 15.5. The number of nitrogens with zero attached hydrogens (tertiary/aromatic N) is 4. The molecule has 0 aliphatic carbocycles. The Labute approximate surface area is 288 Å². The lowest BCUT2D eigenvalue weighted by Gasteiger charge is -2.33. The van der Waals surface area contributed by atoms with Gasteiger partial charge in [-0.25, -0.2) is 4.79 Å². The van der Waals surface area contributed by atoms with E-state index in [1.165, 1.54) is 11.1 Å². The molecule has 2 aromatic heterocycles. The van der Waals surface area contributed by atoms with Gasteiger partial charge in [-0.05, 0) is 81.1 Å². The second-order valence-electron chi connectivity index (χ2n) is 14.3. The third-order valence-electron chi connectivity index (χ3n) is 8.34. The van der Waals surface area contributed by atoms with Crippen LogP contribution in [0.25, 0.3) is 0 Å². The monoisotopic (exact) mass is 695 g/mol. The Hall–Kier alpha value is -4.00. The van der Waals surface area contributed by atoms with Gasteiger partial charge < -0.3 is 24.6 Å². The van der Waals surface area contributed by atoms with Crippen molar-refractivity contribution < 1.29 is 29.0 Å². The fourth-order valence-corrected chi connectivity index (χ4v) is 6.48. The number of likely N-dealkylation sites (tertiary alicyclic amines) is 1. The molecular formula is C35H46ClN5O6Si. The van der Waals surface area contributed by atoms with Crippen LogP contribution in [0, 0.1) is 0 Å². The van der Waals surface area contributed by atoms with Crippen LogP contribution in [-0.2, 0) is 29.4 Å². The first-order valence-corrected chi connectivity index (χ1v) is 20.2. The van der Waals surface area contributed by atoms with Crippen molar-refractivity contribution in [3.05, 3.63) is 88.0 Å². The fraction of sp³-hybridized carbons (Fsp3) is 0.457. The fourth-order valence-electron chi connectivity index (χ4n) is 5.53. The molecule has 1 atom stereocenters. The van der Waals surface area contributed by atoms with E-state index >= 15 is 0 Å². The molecule has 1 fully saturated rings. The van der Waals surface area contributed by atoms with Gasteiger partial charge >= 0.3 is 6.09 Å². The second-order valence-corrected chi connectivity index (χ2v) is 20.4. The Morgan fingerprint density at radius 1 is 1.10 bits per heavy atom. The maximum absolute atomic E-state index is 14.1. The summed E-state index contributed by atoms with van der Waals surface area (Å²) in [6, 6.07) is 10.3. The number of hydrogen-bond acceptors (Lipinski definition) is 6. The van der Waals surface area contributed by atoms with Crippen molar-refractivity contribution in [3.8, 4) is 0 Å². The Morgan fingerprint density at radius 3 is 2.50 bits per heavy atom. The number of carboxylic acid groups (broad SMARTS) is 1. The van der Waals surface area contributed by atoms with Crippen LogP contribution >= 0.6 is 11.6 Å². The maximum atomic E-state index is 14.1. The van der Waals surface area contributed by atoms with Crippen LogP contribution in [0.1, 0.15) is 71.1 Å². The first-order chi connectivity index (χ1) is 22.5. The summed E-state index contributed by atoms with van der Waals surface area (Å²) in [5, 5.41) is 13.2. The van der Waals surface area contributed by atoms with Crippen molar-refractivity contribution >= 4 is 43.4 Å². The first kappa shape index (κ1) is 36.8. The van der Waals surface area contributed by atoms with E-state index in [1.54, 1.807) is 58.3 Å². The largest absolute Gasteiger partial charge is 0.465 e. The molecule has 258 valence electrons. The molecule has 0 saturated carbocycles. The predicted molar refractivity (Wildman–Crippen MR) is 187 cm³/mol. The molecule has 4 rings (SSSR count). The van der Waals surface area contributed by atoms with Crippen LogP contribution in [0.15, 0.2) is 55.0 Å². The SMILES string of the molecule is CC(C)(C)N(Cc1ccc(Cl)cc1CNC(=O)[C@@H]1CCCN1C(=O)c1cc(C(=O)c2cccnc2)cn1COCC[Si](C)(C)C)C(=O)O. The molecule has 1 aliphatic rings. The van der Waals surface area contributed by atoms with Gasteiger partial charge in [0.15, 0.2) is 5.78 Å². The molecule has 11 nitrogen and oxygen atoms in total. The highest BCUT2D eigenvalue weighted by Crippen LogP contribution is 2.25. The molecule has 3 heterocycles. The van der Waals surface area contributed by atoms with Crippen LogP contribution in [0.3, 0.4) is 0 Å². The zero-order valence-corrected chi connectivity index (χ0v) is 30.3. The number of carbonyl (C=O) groups excluding carboxylic acids is 3. The Balaban J connectivity index is 1.53. The van der Waals surface area contributed by atoms with Gasteiger partial charge in [0.1, 0.15) is 18.5 Å². The van der Waals surface area contributed by atoms with Crippen molar-refractivity contribution in [2.75, 3.05) is 13.2 Å². The number of ether oxygens (including phenoxy) is 1. The molecule has 1 aromatic carbocycles. The van der Waals surface area contributed by atoms with Gasteiger partial charge in [0.05, 0.1) is 0 Å². The van der Waals surface area contributed by atoms with Crippen molar-refractivity contribution in [3.63, 3.8) is 0 Å². The van der Waals surface area contributed by atoms with Crippen LogP contribution in [0.4, 0.5) is 4.79 Å². The lowest BCUT2D eigenvalue weighted by Crippen LogP contribution is -2.46. The molecule has 0 radical (unpaired) electrons. The lowest BCUT2D eigenvalue weighted by atomic mass is 10.0. The van der Waals surface area contributed by atoms with E-state index in [9.17, 15) is 24.3 Å². The zero-order chi connectivity index (χ0) is 35.2. The minimum absolute atomic E-state index is 0.0933. The van der Waals surface area contributed by atoms with Gasteiger partial charge in [0, 0.05) is 74.6 Å². The lowest BCUT2D eigenvalue weighted by molar-refractivity contribution is -0.125. The number of rotatable bonds is 13. The minimum atomic E-state index is -1.34. The van der Waals surface area contributed by atoms with Crippen LogP contribution in [0.5, 0.6) is 0 Å². The first-order valence-electron chi connectivity index (χ1n) is 16.1. The van der Waals surface area contributed by atoms with E-state index in [-0.39, 0.29) is 43.1 Å². The Kier molecular flexibility index (Phi) is 11.9. The van der Waals surface area contributed by atoms with E-state index in [0.717, 1.165) is 6.04 Å². The molecule has 0 spiro atoms. The quantitative estimate of drug-likeness (QED) is 0.122. The molecular weight excluding hydrogens is 650 g/mol. The highest BCUT2D eigenvalue weighted by molar-refractivity contribution is 6.76. The van der Waals surface area contributed by atoms with Crippen molar-refractivity contribution in [1.82, 2.24) is 24.7 Å². The van der Waals surface area contributed by atoms with E-state index in [2.05, 4.69) is 29.9 Å². The summed E-state index contributed by atoms with van der Waals surface area (Å²) < 4.78 is 7.61. The van der Waals surface area contributed by atoms with E-state index in [0.29, 0.717) is 53.3 Å². The molecule has 0 unspecified atom stereocenters. The summed E-state index contributed by atoms with van der Waals surface area (Å²) in [6.07, 6.45) is 4.77. The van der Waals surface area contributed by atoms with Gasteiger partial charge in [-0.1, -0.05) is 37.3 Å². The normalized spacial score (nSPS) is 15.0. The highest BCUT2D eigenvalue weighted by atomic mass is 35.5. The number of pyridine rings is 1. The highest BCUT2D eigenvalue weighted by Gasteiger charge is 2.36. The van der Waals surface area contributed by atoms with E-state index in [4.69, 9.17) is 16.3 Å². The minimum Gasteiger partial charge on any atom is -0.465 e. The van der Waals surface area contributed by atoms with Gasteiger partial charge in [-0.2, -0.15) is 0 Å². The number of ketones is 1. The molecule has 1 saturated heterocycles. The number of carbonyl (C=O) groups is 4. The molecule has 2 N–H and O–H groups in total. The molecule has 3 aromatic rings. The standard InChI is InChI=1S/C35H46ClN5O6Si/c1-35(2,3)41(34(45)46)22-25-11-12-28(36)17-26(25)20-38-32(43)29-10-8-14-40(29)33(44)30-18-27(31(42)24-9-7-13-37-19-24)21-39(30)23-47-15-16-48(4,5)6/h7,9,11-13,17-19,21,29H,8,10,14-16,20,22-23H2,1-6H3,(H,38,43)(H,45,46)/t29-/m0/s1. The van der Waals surface area contributed by atoms with Gasteiger partial charge in [-0.3, -0.25) is 24.3 Å². The average Bonchev–Trinajstić information content (AvgIpc) is 3.68. The zero-order valence-electron chi connectivity index (χ0n) is 28.6. The van der Waals surface area contributed by atoms with E-state index in [1.807, 2.05) is 20.8 Å². The van der Waals surface area contributed by atoms with Crippen LogP contribution in [-0.4, -0.2) is 81.0 Å². The maximum Gasteiger partial charge on any atom is 0.408 e. The molecule has 3 amide bonds. The summed E-state index contributed by atoms with van der Waals surface area (Å²) in [4.78, 5) is 59.9. The van der Waals surface area contributed by atoms with Gasteiger partial charge in [0.2, 0.25) is 5.91 Å².